The summed E-state index contributed by atoms with van der Waals surface area (Å²) in [6, 6.07) is 4.20. The first kappa shape index (κ1) is 9.51. The lowest BCUT2D eigenvalue weighted by atomic mass is 10.1. The number of carbonyl (C=O) groups excluding carboxylic acids is 1. The lowest BCUT2D eigenvalue weighted by molar-refractivity contribution is -0.112. The normalized spacial score (nSPS) is 12.2. The van der Waals surface area contributed by atoms with Gasteiger partial charge in [0, 0.05) is 5.56 Å². The Bertz CT molecular complexity index is 312. The first-order valence-corrected chi connectivity index (χ1v) is 3.66. The van der Waals surface area contributed by atoms with E-state index >= 15 is 0 Å². The van der Waals surface area contributed by atoms with Gasteiger partial charge in [-0.05, 0) is 6.07 Å². The molecule has 0 aromatic heterocycles. The first-order valence-electron chi connectivity index (χ1n) is 3.66. The van der Waals surface area contributed by atoms with Crippen LogP contribution in [0.15, 0.2) is 18.2 Å². The standard InChI is InChI=1S/C9H9FO3/c1-13-9-6(7(10)5-11)3-2-4-8(9)12/h2-5,7,12H,1H3. The molecule has 70 valence electrons. The second-order valence-electron chi connectivity index (χ2n) is 2.44. The fourth-order valence-corrected chi connectivity index (χ4v) is 1.06. The van der Waals surface area contributed by atoms with E-state index in [9.17, 15) is 14.3 Å². The number of hydrogen-bond acceptors (Lipinski definition) is 3. The van der Waals surface area contributed by atoms with E-state index < -0.39 is 6.17 Å². The van der Waals surface area contributed by atoms with Crippen LogP contribution in [-0.2, 0) is 4.79 Å². The van der Waals surface area contributed by atoms with Crippen molar-refractivity contribution in [3.05, 3.63) is 23.8 Å². The Morgan fingerprint density at radius 1 is 1.62 bits per heavy atom. The number of methoxy groups -OCH3 is 1. The molecule has 1 aromatic carbocycles. The minimum Gasteiger partial charge on any atom is -0.504 e. The zero-order valence-electron chi connectivity index (χ0n) is 7.03. The zero-order valence-corrected chi connectivity index (χ0v) is 7.03. The number of hydrogen-bond donors (Lipinski definition) is 1. The maximum atomic E-state index is 12.9. The van der Waals surface area contributed by atoms with E-state index in [-0.39, 0.29) is 23.3 Å². The van der Waals surface area contributed by atoms with Gasteiger partial charge in [-0.2, -0.15) is 0 Å². The van der Waals surface area contributed by atoms with Gasteiger partial charge in [0.15, 0.2) is 24.0 Å². The number of benzene rings is 1. The Morgan fingerprint density at radius 3 is 2.85 bits per heavy atom. The summed E-state index contributed by atoms with van der Waals surface area (Å²) in [5, 5.41) is 9.23. The third-order valence-electron chi connectivity index (χ3n) is 1.65. The molecule has 1 unspecified atom stereocenters. The Morgan fingerprint density at radius 2 is 2.31 bits per heavy atom. The van der Waals surface area contributed by atoms with Crippen molar-refractivity contribution in [2.24, 2.45) is 0 Å². The van der Waals surface area contributed by atoms with Crippen LogP contribution in [0.25, 0.3) is 0 Å². The van der Waals surface area contributed by atoms with E-state index in [2.05, 4.69) is 0 Å². The van der Waals surface area contributed by atoms with E-state index in [1.807, 2.05) is 0 Å². The molecular formula is C9H9FO3. The van der Waals surface area contributed by atoms with Gasteiger partial charge < -0.3 is 9.84 Å². The van der Waals surface area contributed by atoms with Gasteiger partial charge in [0.25, 0.3) is 0 Å². The van der Waals surface area contributed by atoms with E-state index in [4.69, 9.17) is 4.74 Å². The number of ether oxygens (including phenoxy) is 1. The number of phenols is 1. The second-order valence-corrected chi connectivity index (χ2v) is 2.44. The SMILES string of the molecule is COc1c(O)cccc1C(F)C=O. The zero-order chi connectivity index (χ0) is 9.84. The molecule has 0 heterocycles. The van der Waals surface area contributed by atoms with Crippen molar-refractivity contribution in [2.75, 3.05) is 7.11 Å². The third kappa shape index (κ3) is 1.77. The average Bonchev–Trinajstić information content (AvgIpc) is 2.16. The highest BCUT2D eigenvalue weighted by molar-refractivity contribution is 5.63. The summed E-state index contributed by atoms with van der Waals surface area (Å²) in [7, 11) is 1.30. The van der Waals surface area contributed by atoms with Crippen molar-refractivity contribution in [1.29, 1.82) is 0 Å². The quantitative estimate of drug-likeness (QED) is 0.726. The number of aldehydes is 1. The molecule has 1 N–H and O–H groups in total. The molecule has 0 aliphatic heterocycles. The molecule has 13 heavy (non-hydrogen) atoms. The van der Waals surface area contributed by atoms with Crippen molar-refractivity contribution in [3.8, 4) is 11.5 Å². The van der Waals surface area contributed by atoms with Crippen LogP contribution in [0.1, 0.15) is 11.7 Å². The fraction of sp³-hybridized carbons (Fsp3) is 0.222. The van der Waals surface area contributed by atoms with Gasteiger partial charge >= 0.3 is 0 Å². The van der Waals surface area contributed by atoms with Gasteiger partial charge in [-0.1, -0.05) is 12.1 Å². The van der Waals surface area contributed by atoms with Crippen molar-refractivity contribution in [3.63, 3.8) is 0 Å². The van der Waals surface area contributed by atoms with Gasteiger partial charge in [0.05, 0.1) is 7.11 Å². The summed E-state index contributed by atoms with van der Waals surface area (Å²) in [6.45, 7) is 0. The Kier molecular flexibility index (Phi) is 2.84. The predicted octanol–water partition coefficient (Wildman–Crippen LogP) is 1.61. The Labute approximate surface area is 74.8 Å². The van der Waals surface area contributed by atoms with Gasteiger partial charge in [-0.25, -0.2) is 4.39 Å². The molecule has 0 aliphatic rings. The van der Waals surface area contributed by atoms with E-state index in [0.717, 1.165) is 0 Å². The van der Waals surface area contributed by atoms with Crippen LogP contribution in [0.5, 0.6) is 11.5 Å². The molecule has 3 nitrogen and oxygen atoms in total. The summed E-state index contributed by atoms with van der Waals surface area (Å²) in [4.78, 5) is 10.2. The smallest absolute Gasteiger partial charge is 0.184 e. The van der Waals surface area contributed by atoms with E-state index in [1.165, 1.54) is 25.3 Å². The van der Waals surface area contributed by atoms with Crippen LogP contribution in [-0.4, -0.2) is 18.5 Å². The molecule has 0 spiro atoms. The third-order valence-corrected chi connectivity index (χ3v) is 1.65. The van der Waals surface area contributed by atoms with Crippen molar-refractivity contribution in [2.45, 2.75) is 6.17 Å². The van der Waals surface area contributed by atoms with Crippen molar-refractivity contribution in [1.82, 2.24) is 0 Å². The predicted molar refractivity (Wildman–Crippen MR) is 44.6 cm³/mol. The molecular weight excluding hydrogens is 175 g/mol. The number of halogens is 1. The molecule has 0 bridgehead atoms. The molecule has 0 aliphatic carbocycles. The molecule has 1 rings (SSSR count). The van der Waals surface area contributed by atoms with E-state index in [1.54, 1.807) is 0 Å². The molecule has 4 heteroatoms. The molecule has 1 aromatic rings. The number of alkyl halides is 1. The molecule has 0 saturated carbocycles. The number of para-hydroxylation sites is 1. The number of phenolic OH excluding ortho intramolecular Hbond substituents is 1. The average molecular weight is 184 g/mol. The van der Waals surface area contributed by atoms with Crippen LogP contribution in [0.3, 0.4) is 0 Å². The minimum absolute atomic E-state index is 0.00194. The maximum Gasteiger partial charge on any atom is 0.184 e. The lowest BCUT2D eigenvalue weighted by Gasteiger charge is -2.09. The summed E-state index contributed by atoms with van der Waals surface area (Å²) in [6.07, 6.45) is -1.61. The number of rotatable bonds is 3. The summed E-state index contributed by atoms with van der Waals surface area (Å²) in [5.41, 5.74) is 0.0394. The molecule has 0 saturated heterocycles. The highest BCUT2D eigenvalue weighted by Crippen LogP contribution is 2.34. The van der Waals surface area contributed by atoms with Crippen LogP contribution in [0, 0.1) is 0 Å². The summed E-state index contributed by atoms with van der Waals surface area (Å²) < 4.78 is 17.7. The monoisotopic (exact) mass is 184 g/mol. The van der Waals surface area contributed by atoms with Gasteiger partial charge in [-0.15, -0.1) is 0 Å². The van der Waals surface area contributed by atoms with Crippen LogP contribution >= 0.6 is 0 Å². The lowest BCUT2D eigenvalue weighted by Crippen LogP contribution is -1.97. The first-order chi connectivity index (χ1) is 6.20. The Balaban J connectivity index is 3.19. The highest BCUT2D eigenvalue weighted by atomic mass is 19.1. The maximum absolute atomic E-state index is 12.9. The fourth-order valence-electron chi connectivity index (χ4n) is 1.06. The van der Waals surface area contributed by atoms with Gasteiger partial charge in [0.1, 0.15) is 0 Å². The molecule has 0 fully saturated rings. The molecule has 1 atom stereocenters. The van der Waals surface area contributed by atoms with Crippen molar-refractivity contribution >= 4 is 6.29 Å². The van der Waals surface area contributed by atoms with Gasteiger partial charge in [-0.3, -0.25) is 4.79 Å². The summed E-state index contributed by atoms with van der Waals surface area (Å²) >= 11 is 0. The second kappa shape index (κ2) is 3.89. The van der Waals surface area contributed by atoms with Crippen LogP contribution in [0.2, 0.25) is 0 Å². The molecule has 0 radical (unpaired) electrons. The van der Waals surface area contributed by atoms with E-state index in [0.29, 0.717) is 0 Å². The largest absolute Gasteiger partial charge is 0.504 e. The topological polar surface area (TPSA) is 46.5 Å². The van der Waals surface area contributed by atoms with Crippen LogP contribution < -0.4 is 4.74 Å². The highest BCUT2D eigenvalue weighted by Gasteiger charge is 2.16. The molecule has 0 amide bonds. The van der Waals surface area contributed by atoms with Crippen molar-refractivity contribution < 1.29 is 19.0 Å². The number of carbonyl (C=O) groups is 1. The summed E-state index contributed by atoms with van der Waals surface area (Å²) in [5.74, 6) is -0.174. The van der Waals surface area contributed by atoms with Gasteiger partial charge in [0.2, 0.25) is 0 Å². The Hall–Kier alpha value is -1.58. The number of aromatic hydroxyl groups is 1. The van der Waals surface area contributed by atoms with Crippen LogP contribution in [0.4, 0.5) is 4.39 Å². The minimum atomic E-state index is -1.76.